The molecule has 0 unspecified atom stereocenters. The van der Waals surface area contributed by atoms with Crippen LogP contribution < -0.4 is 5.63 Å². The molecule has 1 saturated carbocycles. The van der Waals surface area contributed by atoms with Crippen LogP contribution in [0.3, 0.4) is 0 Å². The van der Waals surface area contributed by atoms with Gasteiger partial charge in [-0.3, -0.25) is 4.90 Å². The van der Waals surface area contributed by atoms with Crippen molar-refractivity contribution in [2.24, 2.45) is 0 Å². The quantitative estimate of drug-likeness (QED) is 0.793. The summed E-state index contributed by atoms with van der Waals surface area (Å²) in [4.78, 5) is 14.0. The Balaban J connectivity index is 0.00000225. The fourth-order valence-corrected chi connectivity index (χ4v) is 3.75. The molecule has 0 amide bonds. The molecule has 0 bridgehead atoms. The Morgan fingerprint density at radius 3 is 2.64 bits per heavy atom. The topological polar surface area (TPSA) is 73.9 Å². The molecule has 3 rings (SSSR count). The molecule has 1 fully saturated rings. The normalized spacial score (nSPS) is 15.5. The van der Waals surface area contributed by atoms with E-state index in [4.69, 9.17) is 4.42 Å². The number of fused-ring (bicyclic) bond motifs is 1. The number of nitrogens with zero attached hydrogens (tertiary/aromatic N) is 1. The maximum atomic E-state index is 11.8. The number of hydrogen-bond acceptors (Lipinski definition) is 5. The van der Waals surface area contributed by atoms with Gasteiger partial charge in [0.25, 0.3) is 0 Å². The van der Waals surface area contributed by atoms with E-state index in [0.717, 1.165) is 23.8 Å². The largest absolute Gasteiger partial charge is 0.507 e. The summed E-state index contributed by atoms with van der Waals surface area (Å²) in [5.41, 5.74) is 1.53. The fourth-order valence-electron chi connectivity index (χ4n) is 3.75. The summed E-state index contributed by atoms with van der Waals surface area (Å²) in [7, 11) is 0. The van der Waals surface area contributed by atoms with Gasteiger partial charge in [0, 0.05) is 30.6 Å². The predicted molar refractivity (Wildman–Crippen MR) is 101 cm³/mol. The second kappa shape index (κ2) is 8.70. The fraction of sp³-hybridized carbons (Fsp3) is 0.526. The Kier molecular flexibility index (Phi) is 6.87. The zero-order valence-electron chi connectivity index (χ0n) is 14.5. The molecule has 25 heavy (non-hydrogen) atoms. The smallest absolute Gasteiger partial charge is 0.336 e. The maximum absolute atomic E-state index is 11.8. The second-order valence-electron chi connectivity index (χ2n) is 6.67. The van der Waals surface area contributed by atoms with Crippen molar-refractivity contribution in [2.45, 2.75) is 51.6 Å². The lowest BCUT2D eigenvalue weighted by molar-refractivity contribution is 0.116. The van der Waals surface area contributed by atoms with Crippen molar-refractivity contribution in [3.63, 3.8) is 0 Å². The van der Waals surface area contributed by atoms with Gasteiger partial charge >= 0.3 is 5.63 Å². The van der Waals surface area contributed by atoms with Crippen molar-refractivity contribution in [3.05, 3.63) is 39.7 Å². The van der Waals surface area contributed by atoms with Gasteiger partial charge in [-0.15, -0.1) is 12.4 Å². The van der Waals surface area contributed by atoms with Gasteiger partial charge in [-0.25, -0.2) is 4.79 Å². The molecule has 138 valence electrons. The van der Waals surface area contributed by atoms with Crippen LogP contribution >= 0.6 is 12.4 Å². The van der Waals surface area contributed by atoms with E-state index in [1.165, 1.54) is 25.3 Å². The van der Waals surface area contributed by atoms with Crippen LogP contribution in [0, 0.1) is 6.92 Å². The Morgan fingerprint density at radius 1 is 1.24 bits per heavy atom. The lowest BCUT2D eigenvalue weighted by Gasteiger charge is -2.34. The van der Waals surface area contributed by atoms with Gasteiger partial charge in [-0.2, -0.15) is 0 Å². The van der Waals surface area contributed by atoms with E-state index in [9.17, 15) is 15.0 Å². The van der Waals surface area contributed by atoms with E-state index in [1.54, 1.807) is 12.1 Å². The minimum atomic E-state index is -0.404. The zero-order chi connectivity index (χ0) is 17.1. The predicted octanol–water partition coefficient (Wildman–Crippen LogP) is 3.36. The number of aliphatic hydroxyl groups is 1. The molecule has 0 saturated heterocycles. The number of benzene rings is 1. The molecule has 1 aliphatic carbocycles. The molecule has 0 atom stereocenters. The summed E-state index contributed by atoms with van der Waals surface area (Å²) in [5.74, 6) is 0.134. The van der Waals surface area contributed by atoms with Crippen LogP contribution in [-0.4, -0.2) is 34.3 Å². The highest BCUT2D eigenvalue weighted by Crippen LogP contribution is 2.31. The summed E-state index contributed by atoms with van der Waals surface area (Å²) in [6.45, 7) is 2.97. The SMILES string of the molecule is Cc1cc(=O)oc2c(CN(CCO)C3CCCCC3)c(O)ccc12.Cl. The Morgan fingerprint density at radius 2 is 1.96 bits per heavy atom. The van der Waals surface area contributed by atoms with E-state index >= 15 is 0 Å². The van der Waals surface area contributed by atoms with Gasteiger partial charge in [0.1, 0.15) is 11.3 Å². The molecule has 0 radical (unpaired) electrons. The van der Waals surface area contributed by atoms with E-state index in [1.807, 2.05) is 6.92 Å². The molecule has 0 aliphatic heterocycles. The summed E-state index contributed by atoms with van der Waals surface area (Å²) in [6.07, 6.45) is 5.87. The first-order valence-corrected chi connectivity index (χ1v) is 8.70. The van der Waals surface area contributed by atoms with E-state index < -0.39 is 5.63 Å². The molecule has 6 heteroatoms. The number of rotatable bonds is 5. The van der Waals surface area contributed by atoms with E-state index in [2.05, 4.69) is 4.90 Å². The van der Waals surface area contributed by atoms with Crippen LogP contribution in [0.1, 0.15) is 43.2 Å². The van der Waals surface area contributed by atoms with E-state index in [0.29, 0.717) is 30.3 Å². The standard InChI is InChI=1S/C19H25NO4.ClH/c1-13-11-18(23)24-19-15(13)7-8-17(22)16(19)12-20(9-10-21)14-5-3-2-4-6-14;/h7-8,11,14,21-22H,2-6,9-10,12H2,1H3;1H. The van der Waals surface area contributed by atoms with Crippen LogP contribution in [0.4, 0.5) is 0 Å². The molecule has 2 aromatic rings. The number of aliphatic hydroxyl groups excluding tert-OH is 1. The first kappa shape index (κ1) is 19.8. The maximum Gasteiger partial charge on any atom is 0.336 e. The summed E-state index contributed by atoms with van der Waals surface area (Å²) >= 11 is 0. The van der Waals surface area contributed by atoms with Crippen LogP contribution in [0.2, 0.25) is 0 Å². The highest BCUT2D eigenvalue weighted by atomic mass is 35.5. The molecule has 0 spiro atoms. The molecule has 1 aromatic carbocycles. The monoisotopic (exact) mass is 367 g/mol. The second-order valence-corrected chi connectivity index (χ2v) is 6.67. The summed E-state index contributed by atoms with van der Waals surface area (Å²) < 4.78 is 5.42. The number of aromatic hydroxyl groups is 1. The highest BCUT2D eigenvalue weighted by Gasteiger charge is 2.23. The van der Waals surface area contributed by atoms with Gasteiger partial charge in [0.05, 0.1) is 12.2 Å². The van der Waals surface area contributed by atoms with Crippen LogP contribution in [0.5, 0.6) is 5.75 Å². The van der Waals surface area contributed by atoms with Crippen LogP contribution in [0.15, 0.2) is 27.4 Å². The first-order valence-electron chi connectivity index (χ1n) is 8.70. The van der Waals surface area contributed by atoms with Gasteiger partial charge in [-0.05, 0) is 37.5 Å². The van der Waals surface area contributed by atoms with Gasteiger partial charge in [-0.1, -0.05) is 19.3 Å². The van der Waals surface area contributed by atoms with Gasteiger partial charge < -0.3 is 14.6 Å². The number of halogens is 1. The number of phenolic OH excluding ortho intramolecular Hbond substituents is 1. The minimum Gasteiger partial charge on any atom is -0.507 e. The van der Waals surface area contributed by atoms with Crippen molar-refractivity contribution in [1.29, 1.82) is 0 Å². The summed E-state index contributed by atoms with van der Waals surface area (Å²) in [5, 5.41) is 20.6. The van der Waals surface area contributed by atoms with Crippen LogP contribution in [-0.2, 0) is 6.54 Å². The molecular weight excluding hydrogens is 342 g/mol. The van der Waals surface area contributed by atoms with Gasteiger partial charge in [0.2, 0.25) is 0 Å². The number of phenols is 1. The third-order valence-electron chi connectivity index (χ3n) is 5.04. The van der Waals surface area contributed by atoms with Crippen LogP contribution in [0.25, 0.3) is 11.0 Å². The third-order valence-corrected chi connectivity index (χ3v) is 5.04. The van der Waals surface area contributed by atoms with Crippen molar-refractivity contribution < 1.29 is 14.6 Å². The molecule has 2 N–H and O–H groups in total. The lowest BCUT2D eigenvalue weighted by atomic mass is 9.93. The van der Waals surface area contributed by atoms with E-state index in [-0.39, 0.29) is 24.8 Å². The van der Waals surface area contributed by atoms with Crippen molar-refractivity contribution in [2.75, 3.05) is 13.2 Å². The van der Waals surface area contributed by atoms with Gasteiger partial charge in [0.15, 0.2) is 0 Å². The molecule has 1 heterocycles. The number of aryl methyl sites for hydroxylation is 1. The average molecular weight is 368 g/mol. The average Bonchev–Trinajstić information content (AvgIpc) is 2.57. The Bertz CT molecular complexity index is 768. The molecular formula is C19H26ClNO4. The Labute approximate surface area is 153 Å². The number of hydrogen-bond donors (Lipinski definition) is 2. The van der Waals surface area contributed by atoms with Crippen molar-refractivity contribution in [3.8, 4) is 5.75 Å². The molecule has 1 aliphatic rings. The van der Waals surface area contributed by atoms with Crippen molar-refractivity contribution >= 4 is 23.4 Å². The zero-order valence-corrected chi connectivity index (χ0v) is 15.3. The molecule has 1 aromatic heterocycles. The Hall–Kier alpha value is -1.56. The molecule has 5 nitrogen and oxygen atoms in total. The highest BCUT2D eigenvalue weighted by molar-refractivity contribution is 5.85. The van der Waals surface area contributed by atoms with Crippen molar-refractivity contribution in [1.82, 2.24) is 4.90 Å². The first-order chi connectivity index (χ1) is 11.6. The summed E-state index contributed by atoms with van der Waals surface area (Å²) in [6, 6.07) is 5.30. The minimum absolute atomic E-state index is 0. The third kappa shape index (κ3) is 4.35. The lowest BCUT2D eigenvalue weighted by Crippen LogP contribution is -2.38.